The van der Waals surface area contributed by atoms with E-state index in [1.165, 1.54) is 14.9 Å². The number of carbonyl (C=O) groups is 1. The number of benzene rings is 1. The summed E-state index contributed by atoms with van der Waals surface area (Å²) in [6.07, 6.45) is 11.5. The van der Waals surface area contributed by atoms with Crippen LogP contribution in [0.25, 0.3) is 6.08 Å². The summed E-state index contributed by atoms with van der Waals surface area (Å²) < 4.78 is 5.33. The summed E-state index contributed by atoms with van der Waals surface area (Å²) in [7, 11) is 5.14. The lowest BCUT2D eigenvalue weighted by Crippen LogP contribution is -2.26. The maximum atomic E-state index is 12.6. The number of amides is 1. The Morgan fingerprint density at radius 1 is 1.29 bits per heavy atom. The molecular formula is C23H23IN4O2S. The van der Waals surface area contributed by atoms with E-state index in [4.69, 9.17) is 9.44 Å². The van der Waals surface area contributed by atoms with Gasteiger partial charge in [0, 0.05) is 47.5 Å². The predicted octanol–water partition coefficient (Wildman–Crippen LogP) is 4.88. The minimum Gasteiger partial charge on any atom is -0.376 e. The lowest BCUT2D eigenvalue weighted by Gasteiger charge is -2.24. The number of carbonyl (C=O) groups excluding carboxylic acids is 1. The smallest absolute Gasteiger partial charge is 0.277 e. The number of rotatable bonds is 8. The zero-order valence-electron chi connectivity index (χ0n) is 17.4. The lowest BCUT2D eigenvalue weighted by atomic mass is 10.0. The average Bonchev–Trinajstić information content (AvgIpc) is 3.06. The number of hydrogen-bond donors (Lipinski definition) is 0. The molecule has 0 aromatic heterocycles. The third-order valence-electron chi connectivity index (χ3n) is 5.09. The Balaban J connectivity index is 1.69. The molecule has 31 heavy (non-hydrogen) atoms. The normalized spacial score (nSPS) is 17.6. The van der Waals surface area contributed by atoms with Crippen molar-refractivity contribution < 1.29 is 8.98 Å². The number of nitrogens with zero attached hydrogens (tertiary/aromatic N) is 4. The molecule has 3 rings (SSSR count). The molecule has 1 aliphatic carbocycles. The molecule has 0 bridgehead atoms. The third-order valence-corrected chi connectivity index (χ3v) is 6.11. The highest BCUT2D eigenvalue weighted by atomic mass is 127. The molecule has 1 aliphatic heterocycles. The first kappa shape index (κ1) is 23.3. The highest BCUT2D eigenvalue weighted by Gasteiger charge is 2.25. The summed E-state index contributed by atoms with van der Waals surface area (Å²) in [6.45, 7) is 1.52. The van der Waals surface area contributed by atoms with Crippen LogP contribution in [0.1, 0.15) is 24.0 Å². The van der Waals surface area contributed by atoms with Crippen molar-refractivity contribution in [1.82, 2.24) is 9.80 Å². The Morgan fingerprint density at radius 2 is 2.06 bits per heavy atom. The van der Waals surface area contributed by atoms with Gasteiger partial charge in [-0.3, -0.25) is 9.69 Å². The summed E-state index contributed by atoms with van der Waals surface area (Å²) in [5, 5.41) is 8.89. The van der Waals surface area contributed by atoms with E-state index in [0.29, 0.717) is 23.7 Å². The van der Waals surface area contributed by atoms with Gasteiger partial charge in [-0.1, -0.05) is 24.3 Å². The van der Waals surface area contributed by atoms with Crippen molar-refractivity contribution in [2.24, 2.45) is 4.99 Å². The number of aliphatic imine (C=N–C) groups is 1. The van der Waals surface area contributed by atoms with E-state index in [0.717, 1.165) is 30.5 Å². The van der Waals surface area contributed by atoms with E-state index in [2.05, 4.69) is 56.4 Å². The van der Waals surface area contributed by atoms with Crippen LogP contribution in [-0.2, 0) is 8.98 Å². The van der Waals surface area contributed by atoms with Gasteiger partial charge in [-0.2, -0.15) is 5.26 Å². The molecule has 0 saturated carbocycles. The van der Waals surface area contributed by atoms with Crippen LogP contribution in [-0.4, -0.2) is 48.8 Å². The van der Waals surface area contributed by atoms with Crippen molar-refractivity contribution in [1.29, 1.82) is 5.26 Å². The lowest BCUT2D eigenvalue weighted by molar-refractivity contribution is -0.121. The van der Waals surface area contributed by atoms with Crippen LogP contribution >= 0.6 is 30.4 Å². The zero-order chi connectivity index (χ0) is 22.2. The van der Waals surface area contributed by atoms with Gasteiger partial charge in [0.1, 0.15) is 11.5 Å². The molecular weight excluding hydrogens is 523 g/mol. The fraction of sp³-hybridized carbons (Fsp3) is 0.261. The highest BCUT2D eigenvalue weighted by molar-refractivity contribution is 14.2. The molecule has 1 amide bonds. The van der Waals surface area contributed by atoms with Crippen LogP contribution < -0.4 is 0 Å². The molecule has 160 valence electrons. The maximum absolute atomic E-state index is 12.6. The molecule has 0 saturated heterocycles. The molecule has 0 N–H and O–H groups in total. The van der Waals surface area contributed by atoms with E-state index >= 15 is 0 Å². The molecule has 0 radical (unpaired) electrons. The van der Waals surface area contributed by atoms with Crippen molar-refractivity contribution in [2.75, 3.05) is 27.2 Å². The van der Waals surface area contributed by atoms with Crippen LogP contribution in [0.4, 0.5) is 0 Å². The van der Waals surface area contributed by atoms with E-state index in [9.17, 15) is 4.79 Å². The maximum Gasteiger partial charge on any atom is 0.277 e. The van der Waals surface area contributed by atoms with Gasteiger partial charge in [-0.05, 0) is 54.3 Å². The molecule has 2 aliphatic rings. The Bertz CT molecular complexity index is 1020. The fourth-order valence-corrected chi connectivity index (χ4v) is 3.89. The number of nitriles is 1. The second-order valence-corrected chi connectivity index (χ2v) is 8.58. The molecule has 6 nitrogen and oxygen atoms in total. The SMILES string of the molecule is CN(CCOSI)C1=CC=C(/C=C2N=C(/C=C/c3ccc(C#N)cc3)N(C)C\2=O)CC1. The van der Waals surface area contributed by atoms with Crippen LogP contribution in [0.3, 0.4) is 0 Å². The Kier molecular flexibility index (Phi) is 8.51. The van der Waals surface area contributed by atoms with Crippen molar-refractivity contribution in [3.8, 4) is 6.07 Å². The molecule has 8 heteroatoms. The van der Waals surface area contributed by atoms with Crippen molar-refractivity contribution in [2.45, 2.75) is 12.8 Å². The van der Waals surface area contributed by atoms with Gasteiger partial charge in [0.25, 0.3) is 5.91 Å². The van der Waals surface area contributed by atoms with Gasteiger partial charge in [0.05, 0.1) is 27.5 Å². The van der Waals surface area contributed by atoms with Crippen molar-refractivity contribution in [3.63, 3.8) is 0 Å². The van der Waals surface area contributed by atoms with Gasteiger partial charge in [-0.15, -0.1) is 0 Å². The first-order valence-electron chi connectivity index (χ1n) is 9.79. The van der Waals surface area contributed by atoms with Gasteiger partial charge >= 0.3 is 0 Å². The summed E-state index contributed by atoms with van der Waals surface area (Å²) >= 11 is 2.12. The standard InChI is InChI=1S/C23H23IN4O2S/c1-27(13-14-30-31-24)20-10-7-18(8-11-20)15-21-23(29)28(2)22(26-21)12-9-17-3-5-19(16-25)6-4-17/h3-7,9-10,12,15H,8,11,13-14H2,1-2H3/b12-9+,21-15-. The number of allylic oxidation sites excluding steroid dienone is 5. The number of hydrogen-bond acceptors (Lipinski definition) is 6. The second-order valence-electron chi connectivity index (χ2n) is 7.14. The van der Waals surface area contributed by atoms with Crippen LogP contribution in [0, 0.1) is 11.3 Å². The molecule has 0 spiro atoms. The first-order chi connectivity index (χ1) is 15.0. The summed E-state index contributed by atoms with van der Waals surface area (Å²) in [5.74, 6) is 0.488. The van der Waals surface area contributed by atoms with Crippen molar-refractivity contribution >= 4 is 48.2 Å². The van der Waals surface area contributed by atoms with Crippen LogP contribution in [0.2, 0.25) is 0 Å². The quantitative estimate of drug-likeness (QED) is 0.201. The molecule has 1 aromatic carbocycles. The summed E-state index contributed by atoms with van der Waals surface area (Å²) in [5.41, 5.74) is 4.36. The van der Waals surface area contributed by atoms with Gasteiger partial charge < -0.3 is 9.08 Å². The molecule has 0 fully saturated rings. The van der Waals surface area contributed by atoms with E-state index in [1.807, 2.05) is 30.4 Å². The predicted molar refractivity (Wildman–Crippen MR) is 134 cm³/mol. The molecule has 0 atom stereocenters. The summed E-state index contributed by atoms with van der Waals surface area (Å²) in [4.78, 5) is 20.9. The zero-order valence-corrected chi connectivity index (χ0v) is 20.4. The summed E-state index contributed by atoms with van der Waals surface area (Å²) in [6, 6.07) is 9.36. The Morgan fingerprint density at radius 3 is 2.71 bits per heavy atom. The van der Waals surface area contributed by atoms with Crippen LogP contribution in [0.5, 0.6) is 0 Å². The Hall–Kier alpha value is -2.35. The van der Waals surface area contributed by atoms with E-state index in [-0.39, 0.29) is 5.91 Å². The monoisotopic (exact) mass is 546 g/mol. The second kappa shape index (κ2) is 11.3. The number of halogens is 1. The number of likely N-dealkylation sites (N-methyl/N-ethyl adjacent to an activating group) is 2. The van der Waals surface area contributed by atoms with Gasteiger partial charge in [-0.25, -0.2) is 4.99 Å². The van der Waals surface area contributed by atoms with Gasteiger partial charge in [0.15, 0.2) is 0 Å². The molecule has 0 unspecified atom stereocenters. The van der Waals surface area contributed by atoms with Crippen LogP contribution in [0.15, 0.2) is 70.5 Å². The molecule has 1 heterocycles. The van der Waals surface area contributed by atoms with Gasteiger partial charge in [0.2, 0.25) is 0 Å². The third kappa shape index (κ3) is 6.32. The van der Waals surface area contributed by atoms with E-state index in [1.54, 1.807) is 24.1 Å². The van der Waals surface area contributed by atoms with E-state index < -0.39 is 0 Å². The topological polar surface area (TPSA) is 68.9 Å². The Labute approximate surface area is 199 Å². The fourth-order valence-electron chi connectivity index (χ4n) is 3.21. The van der Waals surface area contributed by atoms with Crippen molar-refractivity contribution in [3.05, 3.63) is 76.7 Å². The number of amidine groups is 1. The highest BCUT2D eigenvalue weighted by Crippen LogP contribution is 2.25. The average molecular weight is 546 g/mol. The molecule has 1 aromatic rings. The minimum absolute atomic E-state index is 0.110. The first-order valence-corrected chi connectivity index (χ1v) is 13.1. The minimum atomic E-state index is -0.110. The largest absolute Gasteiger partial charge is 0.376 e.